The van der Waals surface area contributed by atoms with Gasteiger partial charge >= 0.3 is 13.8 Å². The molecule has 0 aromatic heterocycles. The second-order valence-corrected chi connectivity index (χ2v) is 3.69. The molecular formula is C7H11O6P. The molecule has 0 radical (unpaired) electrons. The molecule has 0 spiro atoms. The fourth-order valence-corrected chi connectivity index (χ4v) is 0.894. The summed E-state index contributed by atoms with van der Waals surface area (Å²) in [5.41, 5.74) is -0.0106. The summed E-state index contributed by atoms with van der Waals surface area (Å²) in [5, 5.41) is 8.67. The number of aliphatic hydroxyl groups excluding tert-OH is 1. The van der Waals surface area contributed by atoms with E-state index in [1.54, 1.807) is 0 Å². The summed E-state index contributed by atoms with van der Waals surface area (Å²) in [6, 6.07) is 0. The van der Waals surface area contributed by atoms with Crippen LogP contribution < -0.4 is 0 Å². The highest BCUT2D eigenvalue weighted by Crippen LogP contribution is 2.36. The van der Waals surface area contributed by atoms with Crippen LogP contribution in [0, 0.1) is 0 Å². The van der Waals surface area contributed by atoms with E-state index in [9.17, 15) is 9.36 Å². The van der Waals surface area contributed by atoms with Crippen LogP contribution in [0.1, 0.15) is 13.3 Å². The molecule has 0 atom stereocenters. The van der Waals surface area contributed by atoms with Crippen LogP contribution in [0.15, 0.2) is 24.0 Å². The standard InChI is InChI=1S/C7H11O6P/c1-5(3-4-6(2)8)7(9)13-14(10,11)12/h3,8H,2,4H2,1H3,(H2,10,11,12). The molecule has 80 valence electrons. The van der Waals surface area contributed by atoms with Crippen molar-refractivity contribution in [2.45, 2.75) is 13.3 Å². The summed E-state index contributed by atoms with van der Waals surface area (Å²) in [7, 11) is -4.80. The van der Waals surface area contributed by atoms with Gasteiger partial charge in [-0.3, -0.25) is 9.79 Å². The second-order valence-electron chi connectivity index (χ2n) is 2.53. The van der Waals surface area contributed by atoms with Crippen LogP contribution >= 0.6 is 7.82 Å². The number of hydrogen-bond donors (Lipinski definition) is 3. The van der Waals surface area contributed by atoms with Gasteiger partial charge in [0.2, 0.25) is 0 Å². The maximum atomic E-state index is 10.9. The minimum atomic E-state index is -4.80. The van der Waals surface area contributed by atoms with E-state index in [0.29, 0.717) is 0 Å². The van der Waals surface area contributed by atoms with Crippen LogP contribution in [0.3, 0.4) is 0 Å². The topological polar surface area (TPSA) is 104 Å². The van der Waals surface area contributed by atoms with Crippen molar-refractivity contribution in [3.05, 3.63) is 24.0 Å². The SMILES string of the molecule is C=C(O)CC=C(C)C(=O)OP(=O)(O)O. The van der Waals surface area contributed by atoms with Crippen molar-refractivity contribution in [2.75, 3.05) is 0 Å². The predicted molar refractivity (Wildman–Crippen MR) is 48.3 cm³/mol. The fourth-order valence-electron chi connectivity index (χ4n) is 0.534. The lowest BCUT2D eigenvalue weighted by Crippen LogP contribution is -2.03. The Morgan fingerprint density at radius 2 is 2.07 bits per heavy atom. The zero-order chi connectivity index (χ0) is 11.4. The first-order valence-corrected chi connectivity index (χ1v) is 5.08. The molecule has 0 aliphatic rings. The number of aliphatic hydroxyl groups is 1. The Morgan fingerprint density at radius 3 is 2.43 bits per heavy atom. The molecule has 0 fully saturated rings. The predicted octanol–water partition coefficient (Wildman–Crippen LogP) is 1.03. The Bertz CT molecular complexity index is 312. The number of rotatable bonds is 4. The molecule has 0 aromatic rings. The Labute approximate surface area is 80.8 Å². The third kappa shape index (κ3) is 6.42. The average Bonchev–Trinajstić information content (AvgIpc) is 1.96. The third-order valence-corrected chi connectivity index (χ3v) is 1.57. The molecule has 14 heavy (non-hydrogen) atoms. The third-order valence-electron chi connectivity index (χ3n) is 1.17. The van der Waals surface area contributed by atoms with E-state index in [1.807, 2.05) is 0 Å². The van der Waals surface area contributed by atoms with Gasteiger partial charge in [0, 0.05) is 12.0 Å². The summed E-state index contributed by atoms with van der Waals surface area (Å²) in [4.78, 5) is 27.5. The quantitative estimate of drug-likeness (QED) is 0.373. The molecule has 6 nitrogen and oxygen atoms in total. The minimum Gasteiger partial charge on any atom is -0.513 e. The molecule has 0 heterocycles. The molecule has 0 amide bonds. The van der Waals surface area contributed by atoms with Gasteiger partial charge in [-0.1, -0.05) is 12.7 Å². The first-order valence-electron chi connectivity index (χ1n) is 3.55. The average molecular weight is 222 g/mol. The van der Waals surface area contributed by atoms with E-state index in [-0.39, 0.29) is 17.8 Å². The Balaban J connectivity index is 4.33. The number of carbonyl (C=O) groups excluding carboxylic acids is 1. The van der Waals surface area contributed by atoms with Gasteiger partial charge < -0.3 is 9.63 Å². The fraction of sp³-hybridized carbons (Fsp3) is 0.286. The highest BCUT2D eigenvalue weighted by atomic mass is 31.2. The lowest BCUT2D eigenvalue weighted by atomic mass is 10.2. The summed E-state index contributed by atoms with van der Waals surface area (Å²) < 4.78 is 14.0. The number of allylic oxidation sites excluding steroid dienone is 1. The van der Waals surface area contributed by atoms with Crippen molar-refractivity contribution in [1.82, 2.24) is 0 Å². The van der Waals surface area contributed by atoms with Crippen LogP contribution in [0.25, 0.3) is 0 Å². The number of phosphoric acid groups is 1. The summed E-state index contributed by atoms with van der Waals surface area (Å²) in [6.45, 7) is 4.47. The second kappa shape index (κ2) is 4.95. The zero-order valence-electron chi connectivity index (χ0n) is 7.51. The van der Waals surface area contributed by atoms with E-state index in [2.05, 4.69) is 11.1 Å². The zero-order valence-corrected chi connectivity index (χ0v) is 8.40. The van der Waals surface area contributed by atoms with Gasteiger partial charge in [0.1, 0.15) is 0 Å². The van der Waals surface area contributed by atoms with Gasteiger partial charge in [-0.2, -0.15) is 0 Å². The van der Waals surface area contributed by atoms with Crippen molar-refractivity contribution < 1.29 is 28.8 Å². The Morgan fingerprint density at radius 1 is 1.57 bits per heavy atom. The molecular weight excluding hydrogens is 211 g/mol. The van der Waals surface area contributed by atoms with Gasteiger partial charge in [-0.05, 0) is 6.92 Å². The van der Waals surface area contributed by atoms with Gasteiger partial charge in [0.05, 0.1) is 5.76 Å². The highest BCUT2D eigenvalue weighted by Gasteiger charge is 2.21. The van der Waals surface area contributed by atoms with Crippen molar-refractivity contribution in [3.8, 4) is 0 Å². The minimum absolute atomic E-state index is 0.0106. The summed E-state index contributed by atoms with van der Waals surface area (Å²) in [6.07, 6.45) is 1.28. The molecule has 0 unspecified atom stereocenters. The van der Waals surface area contributed by atoms with Gasteiger partial charge in [0.25, 0.3) is 0 Å². The largest absolute Gasteiger partial charge is 0.527 e. The van der Waals surface area contributed by atoms with Crippen LogP contribution in [0.4, 0.5) is 0 Å². The molecule has 0 rings (SSSR count). The smallest absolute Gasteiger partial charge is 0.513 e. The molecule has 0 saturated heterocycles. The molecule has 0 aliphatic carbocycles. The first kappa shape index (κ1) is 12.9. The number of carbonyl (C=O) groups is 1. The maximum absolute atomic E-state index is 10.9. The molecule has 0 aromatic carbocycles. The van der Waals surface area contributed by atoms with Gasteiger partial charge in [-0.15, -0.1) is 0 Å². The molecule has 0 saturated carbocycles. The molecule has 7 heteroatoms. The summed E-state index contributed by atoms with van der Waals surface area (Å²) in [5.74, 6) is -1.28. The Kier molecular flexibility index (Phi) is 4.56. The van der Waals surface area contributed by atoms with E-state index in [0.717, 1.165) is 0 Å². The van der Waals surface area contributed by atoms with Crippen LogP contribution in [-0.2, 0) is 13.9 Å². The van der Waals surface area contributed by atoms with E-state index in [1.165, 1.54) is 13.0 Å². The highest BCUT2D eigenvalue weighted by molar-refractivity contribution is 7.46. The molecule has 0 aliphatic heterocycles. The number of phosphoric ester groups is 1. The molecule has 0 bridgehead atoms. The normalized spacial score (nSPS) is 12.4. The molecule has 3 N–H and O–H groups in total. The van der Waals surface area contributed by atoms with E-state index >= 15 is 0 Å². The van der Waals surface area contributed by atoms with Gasteiger partial charge in [0.15, 0.2) is 0 Å². The lowest BCUT2D eigenvalue weighted by molar-refractivity contribution is -0.131. The van der Waals surface area contributed by atoms with Crippen LogP contribution in [0.2, 0.25) is 0 Å². The van der Waals surface area contributed by atoms with E-state index < -0.39 is 13.8 Å². The van der Waals surface area contributed by atoms with Crippen molar-refractivity contribution in [2.24, 2.45) is 0 Å². The van der Waals surface area contributed by atoms with Crippen LogP contribution in [-0.4, -0.2) is 20.9 Å². The van der Waals surface area contributed by atoms with Crippen molar-refractivity contribution in [3.63, 3.8) is 0 Å². The van der Waals surface area contributed by atoms with Crippen LogP contribution in [0.5, 0.6) is 0 Å². The van der Waals surface area contributed by atoms with Crippen molar-refractivity contribution in [1.29, 1.82) is 0 Å². The van der Waals surface area contributed by atoms with Crippen molar-refractivity contribution >= 4 is 13.8 Å². The maximum Gasteiger partial charge on any atom is 0.527 e. The Hall–Kier alpha value is -1.10. The number of hydrogen-bond acceptors (Lipinski definition) is 4. The monoisotopic (exact) mass is 222 g/mol. The van der Waals surface area contributed by atoms with E-state index in [4.69, 9.17) is 14.9 Å². The first-order chi connectivity index (χ1) is 6.22. The lowest BCUT2D eigenvalue weighted by Gasteiger charge is -2.04. The van der Waals surface area contributed by atoms with Gasteiger partial charge in [-0.25, -0.2) is 9.36 Å². The summed E-state index contributed by atoms with van der Waals surface area (Å²) >= 11 is 0.